The standard InChI is InChI=1S/C83H95Cl2N9O23/c1-33(2)16-51(94(9)82(111)117-83(6,7)8)75(105)92-65-67(99)40-11-14-54(48(84)25-40)113-56-27-44-28-57(73(56)116-81-71(103)70(102)69(101)58(115-81)32-112-72-35(4)17-34(3)18-36(72)5)114-55-15-12-41(26-49(55)85)68(100)66-80(110)91-64(78(108)88-61-42-20-37-19-38(22-42)23-43(61)21-37)47-29-45(95)30-53(97)60(47)46-24-39(10-13-52(46)96)62(76(106)93-66)90-77(107)63(44)89-74(104)50(31-59(86)98)87-79(65)109/h10-15,17-18,24-30,33,37-38,42-43,50-51,58,61-71,81,95-97,99-103H,16,19-23,31-32H2,1-9H3,(H2,86,98)(H,87,109)(H,88,108)(H,89,104)(H,90,107)(H,91,110)(H,92,105)(H,93,106)/t37?,38?,42?,43?,50-,51+,58?,61?,62+,63+,64-,65+,66-,67+,68+,69?,70?,71?,81?/m0/s1. The number of fused-ring (bicyclic) bond motifs is 15. The first-order valence-corrected chi connectivity index (χ1v) is 39.3. The quantitative estimate of drug-likeness (QED) is 0.0562. The van der Waals surface area contributed by atoms with Gasteiger partial charge in [-0.2, -0.15) is 0 Å². The molecule has 17 N–H and O–H groups in total. The lowest BCUT2D eigenvalue weighted by Gasteiger charge is -2.54. The SMILES string of the molecule is Cc1cc(C)c(OCC2OC(Oc3c4cc5cc3Oc3ccc(cc3Cl)[C@@H](O)[C@@H](NC(=O)[C@@H](CC(C)C)N(C)C(=O)OC(C)(C)C)C(=O)N[C@@H](CC(N)=O)C(=O)N[C@H]5C(=O)N[C@H]3C(=O)N[C@H](C(=O)N[C@H](C(=O)NC5C6CC7CC(C6)CC5C7)c5cc(O)cc(O)c5-c5cc3ccc5O)[C@H](O)c3ccc(c(Cl)c3)O4)C(O)C(O)C2O)c(C)c1. The van der Waals surface area contributed by atoms with Crippen LogP contribution in [0.2, 0.25) is 10.0 Å². The predicted octanol–water partition coefficient (Wildman–Crippen LogP) is 6.38. The number of aliphatic hydroxyl groups is 5. The minimum absolute atomic E-state index is 0.0477. The van der Waals surface area contributed by atoms with Gasteiger partial charge in [-0.15, -0.1) is 0 Å². The van der Waals surface area contributed by atoms with Crippen molar-refractivity contribution in [1.82, 2.24) is 42.1 Å². The monoisotopic (exact) mass is 1660 g/mol. The largest absolute Gasteiger partial charge is 0.508 e. The van der Waals surface area contributed by atoms with Gasteiger partial charge in [-0.05, 0) is 203 Å². The van der Waals surface area contributed by atoms with Crippen molar-refractivity contribution >= 4 is 76.6 Å². The maximum Gasteiger partial charge on any atom is 0.410 e. The van der Waals surface area contributed by atoms with E-state index in [1.165, 1.54) is 31.3 Å². The molecule has 34 heteroatoms. The van der Waals surface area contributed by atoms with Crippen LogP contribution >= 0.6 is 23.2 Å². The van der Waals surface area contributed by atoms with Gasteiger partial charge in [0.1, 0.15) is 126 Å². The highest BCUT2D eigenvalue weighted by molar-refractivity contribution is 6.32. The molecule has 0 aromatic heterocycles. The first kappa shape index (κ1) is 84.2. The van der Waals surface area contributed by atoms with E-state index in [9.17, 15) is 55.2 Å². The molecule has 15 bridgehead atoms. The molecule has 5 fully saturated rings. The number of benzene rings is 6. The first-order chi connectivity index (χ1) is 55.3. The van der Waals surface area contributed by atoms with E-state index in [0.717, 1.165) is 97.2 Å². The summed E-state index contributed by atoms with van der Waals surface area (Å²) in [6.45, 7) is 13.3. The summed E-state index contributed by atoms with van der Waals surface area (Å²) in [6, 6.07) is 3.50. The van der Waals surface area contributed by atoms with Crippen LogP contribution in [-0.4, -0.2) is 179 Å². The summed E-state index contributed by atoms with van der Waals surface area (Å²) in [4.78, 5) is 137. The molecule has 6 aromatic carbocycles. The third-order valence-electron chi connectivity index (χ3n) is 22.5. The number of aryl methyl sites for hydroxylation is 3. The van der Waals surface area contributed by atoms with E-state index in [1.807, 2.05) is 19.1 Å². The van der Waals surface area contributed by atoms with Gasteiger partial charge in [-0.25, -0.2) is 4.79 Å². The number of primary amides is 1. The van der Waals surface area contributed by atoms with Crippen molar-refractivity contribution in [1.29, 1.82) is 0 Å². The van der Waals surface area contributed by atoms with Crippen LogP contribution in [-0.2, 0) is 47.8 Å². The highest BCUT2D eigenvalue weighted by Crippen LogP contribution is 2.55. The molecule has 6 heterocycles. The van der Waals surface area contributed by atoms with E-state index < -0.39 is 197 Å². The highest BCUT2D eigenvalue weighted by Gasteiger charge is 2.51. The number of carbonyl (C=O) groups is 9. The Morgan fingerprint density at radius 1 is 0.624 bits per heavy atom. The molecule has 5 unspecified atom stereocenters. The first-order valence-electron chi connectivity index (χ1n) is 38.6. The van der Waals surface area contributed by atoms with Gasteiger partial charge in [0.25, 0.3) is 0 Å². The van der Waals surface area contributed by atoms with Gasteiger partial charge in [0.05, 0.1) is 16.5 Å². The minimum atomic E-state index is -2.35. The Morgan fingerprint density at radius 3 is 1.79 bits per heavy atom. The summed E-state index contributed by atoms with van der Waals surface area (Å²) in [6.07, 6.45) is -11.6. The molecule has 32 nitrogen and oxygen atoms in total. The molecule has 4 aliphatic carbocycles. The molecule has 4 saturated carbocycles. The molecule has 0 radical (unpaired) electrons. The Kier molecular flexibility index (Phi) is 24.3. The van der Waals surface area contributed by atoms with Gasteiger partial charge in [0.2, 0.25) is 59.3 Å². The summed E-state index contributed by atoms with van der Waals surface area (Å²) in [5, 5.41) is 114. The van der Waals surface area contributed by atoms with Crippen molar-refractivity contribution in [2.24, 2.45) is 35.3 Å². The zero-order valence-electron chi connectivity index (χ0n) is 65.3. The second-order valence-corrected chi connectivity index (χ2v) is 33.7. The van der Waals surface area contributed by atoms with E-state index in [0.29, 0.717) is 28.7 Å². The molecule has 6 aliphatic heterocycles. The van der Waals surface area contributed by atoms with Crippen molar-refractivity contribution in [3.05, 3.63) is 146 Å². The summed E-state index contributed by atoms with van der Waals surface area (Å²) in [5.74, 6) is -13.3. The van der Waals surface area contributed by atoms with Crippen LogP contribution in [0.5, 0.6) is 51.7 Å². The zero-order chi connectivity index (χ0) is 84.4. The van der Waals surface area contributed by atoms with Crippen molar-refractivity contribution in [3.8, 4) is 62.9 Å². The van der Waals surface area contributed by atoms with E-state index in [2.05, 4.69) is 37.2 Å². The fraction of sp³-hybridized carbons (Fsp3) is 0.458. The number of nitrogens with zero attached hydrogens (tertiary/aromatic N) is 1. The number of aliphatic hydroxyl groups excluding tert-OH is 5. The van der Waals surface area contributed by atoms with E-state index in [1.54, 1.807) is 48.5 Å². The number of ether oxygens (including phenoxy) is 6. The zero-order valence-corrected chi connectivity index (χ0v) is 66.9. The maximum atomic E-state index is 16.4. The van der Waals surface area contributed by atoms with Crippen LogP contribution in [0, 0.1) is 50.4 Å². The number of aromatic hydroxyl groups is 3. The number of halogens is 2. The fourth-order valence-electron chi connectivity index (χ4n) is 17.2. The molecule has 9 amide bonds. The van der Waals surface area contributed by atoms with Crippen LogP contribution in [0.4, 0.5) is 4.79 Å². The molecular weight excluding hydrogens is 1560 g/mol. The lowest BCUT2D eigenvalue weighted by molar-refractivity contribution is -0.276. The van der Waals surface area contributed by atoms with Gasteiger partial charge >= 0.3 is 6.09 Å². The van der Waals surface area contributed by atoms with Crippen LogP contribution in [0.3, 0.4) is 0 Å². The van der Waals surface area contributed by atoms with Crippen molar-refractivity contribution < 1.29 is 112 Å². The topological polar surface area (TPSA) is 484 Å². The normalized spacial score (nSPS) is 27.8. The Hall–Kier alpha value is -10.7. The summed E-state index contributed by atoms with van der Waals surface area (Å²) in [5.41, 5.74) is 4.99. The maximum absolute atomic E-state index is 16.4. The number of nitrogens with two attached hydrogens (primary N) is 1. The van der Waals surface area contributed by atoms with Crippen molar-refractivity contribution in [2.45, 2.75) is 197 Å². The molecule has 0 spiro atoms. The summed E-state index contributed by atoms with van der Waals surface area (Å²) < 4.78 is 38.1. The number of likely N-dealkylation sites (N-methyl/N-ethyl adjacent to an activating group) is 1. The smallest absolute Gasteiger partial charge is 0.410 e. The predicted molar refractivity (Wildman–Crippen MR) is 418 cm³/mol. The molecular formula is C83H95Cl2N9O23. The average molecular weight is 1660 g/mol. The van der Waals surface area contributed by atoms with E-state index in [4.69, 9.17) is 57.4 Å². The Labute approximate surface area is 682 Å². The molecule has 16 rings (SSSR count). The van der Waals surface area contributed by atoms with Gasteiger partial charge in [0, 0.05) is 30.3 Å². The Balaban J connectivity index is 0.990. The lowest BCUT2D eigenvalue weighted by atomic mass is 9.54. The molecule has 6 aromatic rings. The number of hydrogen-bond donors (Lipinski definition) is 16. The third-order valence-corrected chi connectivity index (χ3v) is 23.1. The minimum Gasteiger partial charge on any atom is -0.508 e. The number of phenols is 3. The highest BCUT2D eigenvalue weighted by atomic mass is 35.5. The average Bonchev–Trinajstić information content (AvgIpc) is 0.767. The van der Waals surface area contributed by atoms with Crippen molar-refractivity contribution in [2.75, 3.05) is 13.7 Å². The number of nitrogens with one attached hydrogen (secondary N) is 7. The van der Waals surface area contributed by atoms with Crippen LogP contribution in [0.15, 0.2) is 91.0 Å². The molecule has 10 aliphatic rings. The van der Waals surface area contributed by atoms with Crippen LogP contribution in [0.25, 0.3) is 11.1 Å². The second-order valence-electron chi connectivity index (χ2n) is 32.9. The van der Waals surface area contributed by atoms with Gasteiger partial charge < -0.3 is 112 Å². The van der Waals surface area contributed by atoms with Gasteiger partial charge in [-0.1, -0.05) is 72.9 Å². The molecule has 117 heavy (non-hydrogen) atoms. The summed E-state index contributed by atoms with van der Waals surface area (Å²) >= 11 is 14.4. The number of phenolic OH excluding ortho intramolecular Hbond substituents is 3. The summed E-state index contributed by atoms with van der Waals surface area (Å²) in [7, 11) is 1.28. The van der Waals surface area contributed by atoms with E-state index in [-0.39, 0.29) is 85.1 Å². The van der Waals surface area contributed by atoms with Crippen molar-refractivity contribution in [3.63, 3.8) is 0 Å². The lowest BCUT2D eigenvalue weighted by Crippen LogP contribution is -2.60. The molecule has 1 saturated heterocycles. The Morgan fingerprint density at radius 2 is 1.21 bits per heavy atom. The third kappa shape index (κ3) is 17.9. The number of amides is 9. The molecule has 624 valence electrons. The number of hydrogen-bond acceptors (Lipinski definition) is 23. The van der Waals surface area contributed by atoms with E-state index >= 15 is 28.8 Å². The fourth-order valence-corrected chi connectivity index (χ4v) is 17.7. The van der Waals surface area contributed by atoms with Gasteiger partial charge in [0.15, 0.2) is 11.5 Å². The van der Waals surface area contributed by atoms with Gasteiger partial charge in [-0.3, -0.25) is 43.3 Å². The van der Waals surface area contributed by atoms with Crippen LogP contribution in [0.1, 0.15) is 154 Å². The number of rotatable bonds is 14. The Bertz CT molecular complexity index is 4890. The number of carbonyl (C=O) groups excluding carboxylic acids is 9. The van der Waals surface area contributed by atoms with Crippen LogP contribution < -0.4 is 61.9 Å². The second kappa shape index (κ2) is 33.7. The molecule has 14 atom stereocenters.